The number of rotatable bonds is 7. The van der Waals surface area contributed by atoms with E-state index >= 15 is 0 Å². The van der Waals surface area contributed by atoms with Gasteiger partial charge in [-0.3, -0.25) is 4.79 Å². The number of aromatic carboxylic acids is 1. The van der Waals surface area contributed by atoms with Crippen LogP contribution in [0.1, 0.15) is 40.4 Å². The predicted octanol–water partition coefficient (Wildman–Crippen LogP) is 3.51. The van der Waals surface area contributed by atoms with Gasteiger partial charge in [-0.05, 0) is 50.1 Å². The van der Waals surface area contributed by atoms with Crippen LogP contribution in [0.4, 0.5) is 5.69 Å². The smallest absolute Gasteiger partial charge is 0.335 e. The average Bonchev–Trinajstić information content (AvgIpc) is 2.56. The summed E-state index contributed by atoms with van der Waals surface area (Å²) < 4.78 is 0. The highest BCUT2D eigenvalue weighted by molar-refractivity contribution is 5.91. The molecule has 0 saturated heterocycles. The fraction of sp³-hybridized carbons (Fsp3) is 0.300. The summed E-state index contributed by atoms with van der Waals surface area (Å²) >= 11 is 0. The van der Waals surface area contributed by atoms with Gasteiger partial charge in [-0.1, -0.05) is 29.8 Å². The average molecular weight is 340 g/mol. The van der Waals surface area contributed by atoms with Gasteiger partial charge >= 0.3 is 5.97 Å². The molecule has 0 saturated carbocycles. The monoisotopic (exact) mass is 340 g/mol. The van der Waals surface area contributed by atoms with Crippen molar-refractivity contribution in [2.45, 2.75) is 39.8 Å². The van der Waals surface area contributed by atoms with Crippen LogP contribution in [-0.4, -0.2) is 23.0 Å². The number of aryl methyl sites for hydroxylation is 2. The molecule has 3 N–H and O–H groups in total. The van der Waals surface area contributed by atoms with E-state index in [2.05, 4.69) is 10.6 Å². The lowest BCUT2D eigenvalue weighted by Crippen LogP contribution is -2.30. The lowest BCUT2D eigenvalue weighted by atomic mass is 10.1. The van der Waals surface area contributed by atoms with E-state index in [1.165, 1.54) is 5.56 Å². The SMILES string of the molecule is Cc1ccc(NC(=O)CC(C)NCc2ccc(C(=O)O)cc2)c(C)c1. The topological polar surface area (TPSA) is 78.4 Å². The molecule has 0 aliphatic heterocycles. The number of carboxylic acids is 1. The maximum Gasteiger partial charge on any atom is 0.335 e. The van der Waals surface area contributed by atoms with Gasteiger partial charge in [0.05, 0.1) is 5.56 Å². The van der Waals surface area contributed by atoms with E-state index in [0.717, 1.165) is 16.8 Å². The number of carboxylic acid groups (broad SMARTS) is 1. The molecule has 0 radical (unpaired) electrons. The number of carbonyl (C=O) groups is 2. The molecule has 0 aliphatic carbocycles. The van der Waals surface area contributed by atoms with Gasteiger partial charge in [0, 0.05) is 24.7 Å². The van der Waals surface area contributed by atoms with Crippen LogP contribution >= 0.6 is 0 Å². The number of nitrogens with one attached hydrogen (secondary N) is 2. The van der Waals surface area contributed by atoms with Crippen LogP contribution in [0.15, 0.2) is 42.5 Å². The lowest BCUT2D eigenvalue weighted by molar-refractivity contribution is -0.116. The summed E-state index contributed by atoms with van der Waals surface area (Å²) in [5, 5.41) is 15.1. The summed E-state index contributed by atoms with van der Waals surface area (Å²) in [6, 6.07) is 12.7. The fourth-order valence-corrected chi connectivity index (χ4v) is 2.56. The third-order valence-corrected chi connectivity index (χ3v) is 4.00. The molecule has 2 aromatic rings. The molecule has 1 atom stereocenters. The molecule has 0 spiro atoms. The normalized spacial score (nSPS) is 11.8. The van der Waals surface area contributed by atoms with Crippen molar-refractivity contribution in [3.63, 3.8) is 0 Å². The molecule has 5 nitrogen and oxygen atoms in total. The number of amides is 1. The zero-order valence-corrected chi connectivity index (χ0v) is 14.8. The van der Waals surface area contributed by atoms with Gasteiger partial charge in [-0.15, -0.1) is 0 Å². The van der Waals surface area contributed by atoms with Crippen LogP contribution in [0, 0.1) is 13.8 Å². The highest BCUT2D eigenvalue weighted by Gasteiger charge is 2.10. The summed E-state index contributed by atoms with van der Waals surface area (Å²) in [6.45, 7) is 6.53. The molecule has 1 unspecified atom stereocenters. The Balaban J connectivity index is 1.82. The first-order valence-electron chi connectivity index (χ1n) is 8.28. The maximum absolute atomic E-state index is 12.2. The third kappa shape index (κ3) is 5.72. The molecular weight excluding hydrogens is 316 g/mol. The second-order valence-electron chi connectivity index (χ2n) is 6.35. The minimum atomic E-state index is -0.934. The summed E-state index contributed by atoms with van der Waals surface area (Å²) in [4.78, 5) is 23.0. The number of hydrogen-bond donors (Lipinski definition) is 3. The van der Waals surface area contributed by atoms with Crippen molar-refractivity contribution in [2.75, 3.05) is 5.32 Å². The number of benzene rings is 2. The molecular formula is C20H24N2O3. The standard InChI is InChI=1S/C20H24N2O3/c1-13-4-9-18(14(2)10-13)22-19(23)11-15(3)21-12-16-5-7-17(8-6-16)20(24)25/h4-10,15,21H,11-12H2,1-3H3,(H,22,23)(H,24,25). The van der Waals surface area contributed by atoms with E-state index in [4.69, 9.17) is 5.11 Å². The summed E-state index contributed by atoms with van der Waals surface area (Å²) in [5.41, 5.74) is 4.30. The molecule has 0 heterocycles. The van der Waals surface area contributed by atoms with Gasteiger partial charge < -0.3 is 15.7 Å². The zero-order valence-electron chi connectivity index (χ0n) is 14.8. The Morgan fingerprint density at radius 1 is 1.08 bits per heavy atom. The maximum atomic E-state index is 12.2. The Hall–Kier alpha value is -2.66. The van der Waals surface area contributed by atoms with Gasteiger partial charge in [-0.25, -0.2) is 4.79 Å². The quantitative estimate of drug-likeness (QED) is 0.721. The first-order chi connectivity index (χ1) is 11.8. The molecule has 0 fully saturated rings. The largest absolute Gasteiger partial charge is 0.478 e. The minimum Gasteiger partial charge on any atom is -0.478 e. The predicted molar refractivity (Wildman–Crippen MR) is 98.9 cm³/mol. The lowest BCUT2D eigenvalue weighted by Gasteiger charge is -2.15. The first-order valence-corrected chi connectivity index (χ1v) is 8.28. The molecule has 2 rings (SSSR count). The molecule has 0 aliphatic rings. The van der Waals surface area contributed by atoms with Crippen LogP contribution in [0.25, 0.3) is 0 Å². The van der Waals surface area contributed by atoms with E-state index in [1.807, 2.05) is 39.0 Å². The van der Waals surface area contributed by atoms with Crippen molar-refractivity contribution in [1.29, 1.82) is 0 Å². The minimum absolute atomic E-state index is 0.00454. The van der Waals surface area contributed by atoms with Crippen LogP contribution in [-0.2, 0) is 11.3 Å². The Labute approximate surface area is 148 Å². The molecule has 1 amide bonds. The Kier molecular flexibility index (Phi) is 6.31. The molecule has 0 aromatic heterocycles. The van der Waals surface area contributed by atoms with E-state index in [1.54, 1.807) is 24.3 Å². The molecule has 2 aromatic carbocycles. The van der Waals surface area contributed by atoms with Gasteiger partial charge in [0.25, 0.3) is 0 Å². The highest BCUT2D eigenvalue weighted by atomic mass is 16.4. The molecule has 132 valence electrons. The van der Waals surface area contributed by atoms with Crippen molar-refractivity contribution < 1.29 is 14.7 Å². The van der Waals surface area contributed by atoms with Crippen molar-refractivity contribution in [2.24, 2.45) is 0 Å². The van der Waals surface area contributed by atoms with Crippen LogP contribution in [0.5, 0.6) is 0 Å². The Morgan fingerprint density at radius 2 is 1.76 bits per heavy atom. The first kappa shape index (κ1) is 18.7. The van der Waals surface area contributed by atoms with Gasteiger partial charge in [0.1, 0.15) is 0 Å². The van der Waals surface area contributed by atoms with Gasteiger partial charge in [-0.2, -0.15) is 0 Å². The summed E-state index contributed by atoms with van der Waals surface area (Å²) in [7, 11) is 0. The second kappa shape index (κ2) is 8.44. The van der Waals surface area contributed by atoms with Crippen molar-refractivity contribution in [3.05, 3.63) is 64.7 Å². The number of anilines is 1. The summed E-state index contributed by atoms with van der Waals surface area (Å²) in [6.07, 6.45) is 0.362. The Morgan fingerprint density at radius 3 is 2.36 bits per heavy atom. The Bertz CT molecular complexity index is 754. The zero-order chi connectivity index (χ0) is 18.4. The third-order valence-electron chi connectivity index (χ3n) is 4.00. The van der Waals surface area contributed by atoms with Gasteiger partial charge in [0.15, 0.2) is 0 Å². The fourth-order valence-electron chi connectivity index (χ4n) is 2.56. The molecule has 25 heavy (non-hydrogen) atoms. The van der Waals surface area contributed by atoms with Crippen molar-refractivity contribution in [3.8, 4) is 0 Å². The van der Waals surface area contributed by atoms with Crippen molar-refractivity contribution >= 4 is 17.6 Å². The molecule has 0 bridgehead atoms. The number of carbonyl (C=O) groups excluding carboxylic acids is 1. The summed E-state index contributed by atoms with van der Waals surface area (Å²) in [5.74, 6) is -0.968. The van der Waals surface area contributed by atoms with Crippen LogP contribution in [0.3, 0.4) is 0 Å². The van der Waals surface area contributed by atoms with Gasteiger partial charge in [0.2, 0.25) is 5.91 Å². The van der Waals surface area contributed by atoms with Crippen molar-refractivity contribution in [1.82, 2.24) is 5.32 Å². The van der Waals surface area contributed by atoms with E-state index < -0.39 is 5.97 Å². The van der Waals surface area contributed by atoms with E-state index in [-0.39, 0.29) is 17.5 Å². The second-order valence-corrected chi connectivity index (χ2v) is 6.35. The molecule has 5 heteroatoms. The van der Waals surface area contributed by atoms with Crippen LogP contribution < -0.4 is 10.6 Å². The van der Waals surface area contributed by atoms with Crippen LogP contribution in [0.2, 0.25) is 0 Å². The number of hydrogen-bond acceptors (Lipinski definition) is 3. The van der Waals surface area contributed by atoms with E-state index in [0.29, 0.717) is 13.0 Å². The van der Waals surface area contributed by atoms with E-state index in [9.17, 15) is 9.59 Å². The highest BCUT2D eigenvalue weighted by Crippen LogP contribution is 2.16.